The van der Waals surface area contributed by atoms with Gasteiger partial charge in [0.1, 0.15) is 0 Å². The van der Waals surface area contributed by atoms with Crippen LogP contribution in [0.15, 0.2) is 42.7 Å². The average molecular weight is 397 g/mol. The van der Waals surface area contributed by atoms with Crippen molar-refractivity contribution in [3.63, 3.8) is 0 Å². The lowest BCUT2D eigenvalue weighted by atomic mass is 9.92. The van der Waals surface area contributed by atoms with Crippen LogP contribution in [0.4, 0.5) is 0 Å². The Hall–Kier alpha value is -2.18. The lowest BCUT2D eigenvalue weighted by Crippen LogP contribution is -2.48. The van der Waals surface area contributed by atoms with Gasteiger partial charge in [0.25, 0.3) is 0 Å². The van der Waals surface area contributed by atoms with Gasteiger partial charge < -0.3 is 15.0 Å². The van der Waals surface area contributed by atoms with Gasteiger partial charge in [0.15, 0.2) is 0 Å². The number of carbonyl (C=O) groups is 1. The third kappa shape index (κ3) is 4.23. The molecule has 0 radical (unpaired) electrons. The summed E-state index contributed by atoms with van der Waals surface area (Å²) in [5, 5.41) is 8.22. The lowest BCUT2D eigenvalue weighted by Gasteiger charge is -2.33. The minimum Gasteiger partial charge on any atom is -0.374 e. The van der Waals surface area contributed by atoms with Crippen molar-refractivity contribution in [2.24, 2.45) is 5.92 Å². The third-order valence-corrected chi connectivity index (χ3v) is 6.73. The van der Waals surface area contributed by atoms with Gasteiger partial charge in [0, 0.05) is 50.3 Å². The molecular weight excluding hydrogens is 364 g/mol. The van der Waals surface area contributed by atoms with Gasteiger partial charge in [-0.3, -0.25) is 9.48 Å². The summed E-state index contributed by atoms with van der Waals surface area (Å²) in [6.45, 7) is 6.76. The Balaban J connectivity index is 1.44. The fourth-order valence-electron chi connectivity index (χ4n) is 4.71. The summed E-state index contributed by atoms with van der Waals surface area (Å²) >= 11 is 0. The first-order valence-corrected chi connectivity index (χ1v) is 10.7. The first kappa shape index (κ1) is 20.1. The molecule has 2 unspecified atom stereocenters. The van der Waals surface area contributed by atoms with Crippen molar-refractivity contribution < 1.29 is 9.53 Å². The second-order valence-corrected chi connectivity index (χ2v) is 8.77. The van der Waals surface area contributed by atoms with Crippen molar-refractivity contribution in [2.75, 3.05) is 20.2 Å². The maximum Gasteiger partial charge on any atom is 0.223 e. The number of nitrogens with zero attached hydrogens (tertiary/aromatic N) is 3. The molecule has 2 aliphatic heterocycles. The van der Waals surface area contributed by atoms with Gasteiger partial charge >= 0.3 is 0 Å². The van der Waals surface area contributed by atoms with Crippen LogP contribution in [-0.2, 0) is 16.1 Å². The monoisotopic (exact) mass is 396 g/mol. The number of rotatable bonds is 7. The van der Waals surface area contributed by atoms with Crippen LogP contribution in [0.1, 0.15) is 50.3 Å². The zero-order chi connectivity index (χ0) is 20.4. The molecule has 4 atom stereocenters. The fourth-order valence-corrected chi connectivity index (χ4v) is 4.71. The molecule has 0 saturated carbocycles. The molecular formula is C23H32N4O2. The van der Waals surface area contributed by atoms with Gasteiger partial charge in [-0.25, -0.2) is 0 Å². The summed E-state index contributed by atoms with van der Waals surface area (Å²) < 4.78 is 7.94. The molecule has 29 heavy (non-hydrogen) atoms. The summed E-state index contributed by atoms with van der Waals surface area (Å²) in [6, 6.07) is 10.6. The number of nitrogens with one attached hydrogen (secondary N) is 1. The molecule has 3 heterocycles. The molecule has 4 rings (SSSR count). The third-order valence-electron chi connectivity index (χ3n) is 6.73. The Morgan fingerprint density at radius 3 is 2.86 bits per heavy atom. The highest BCUT2D eigenvalue weighted by atomic mass is 16.5. The Labute approximate surface area is 173 Å². The van der Waals surface area contributed by atoms with E-state index in [2.05, 4.69) is 42.6 Å². The number of likely N-dealkylation sites (tertiary alicyclic amines) is 1. The van der Waals surface area contributed by atoms with Crippen LogP contribution in [0.25, 0.3) is 0 Å². The molecule has 6 heteroatoms. The zero-order valence-corrected chi connectivity index (χ0v) is 17.7. The first-order valence-electron chi connectivity index (χ1n) is 10.7. The highest BCUT2D eigenvalue weighted by Gasteiger charge is 2.41. The minimum atomic E-state index is -0.107. The number of amides is 1. The SMILES string of the molecule is CC(NC[C@@H]1CC(=O)N(C)[C@H]1c1cnn(Cc2ccccc2)c1)C1(C)CCCO1. The van der Waals surface area contributed by atoms with Crippen LogP contribution in [0.5, 0.6) is 0 Å². The Morgan fingerprint density at radius 2 is 2.14 bits per heavy atom. The molecule has 1 amide bonds. The van der Waals surface area contributed by atoms with Crippen LogP contribution in [0.3, 0.4) is 0 Å². The van der Waals surface area contributed by atoms with Crippen LogP contribution in [0.2, 0.25) is 0 Å². The molecule has 2 aliphatic rings. The molecule has 0 spiro atoms. The molecule has 0 bridgehead atoms. The summed E-state index contributed by atoms with van der Waals surface area (Å²) in [6.07, 6.45) is 6.78. The van der Waals surface area contributed by atoms with E-state index in [9.17, 15) is 4.79 Å². The van der Waals surface area contributed by atoms with Gasteiger partial charge in [-0.1, -0.05) is 30.3 Å². The second kappa shape index (κ2) is 8.28. The van der Waals surface area contributed by atoms with E-state index in [-0.39, 0.29) is 29.5 Å². The van der Waals surface area contributed by atoms with E-state index in [1.165, 1.54) is 5.56 Å². The maximum atomic E-state index is 12.5. The number of hydrogen-bond acceptors (Lipinski definition) is 4. The summed E-state index contributed by atoms with van der Waals surface area (Å²) in [7, 11) is 1.91. The molecule has 0 aliphatic carbocycles. The summed E-state index contributed by atoms with van der Waals surface area (Å²) in [5.41, 5.74) is 2.22. The molecule has 2 fully saturated rings. The Morgan fingerprint density at radius 1 is 1.34 bits per heavy atom. The van der Waals surface area contributed by atoms with E-state index in [0.717, 1.165) is 38.1 Å². The van der Waals surface area contributed by atoms with E-state index in [4.69, 9.17) is 4.74 Å². The van der Waals surface area contributed by atoms with Crippen molar-refractivity contribution in [2.45, 2.75) is 57.3 Å². The van der Waals surface area contributed by atoms with E-state index >= 15 is 0 Å². The number of ether oxygens (including phenoxy) is 1. The van der Waals surface area contributed by atoms with Gasteiger partial charge in [0.2, 0.25) is 5.91 Å². The van der Waals surface area contributed by atoms with Crippen molar-refractivity contribution in [3.8, 4) is 0 Å². The molecule has 2 saturated heterocycles. The number of aromatic nitrogens is 2. The number of hydrogen-bond donors (Lipinski definition) is 1. The maximum absolute atomic E-state index is 12.5. The number of benzene rings is 1. The van der Waals surface area contributed by atoms with E-state index < -0.39 is 0 Å². The average Bonchev–Trinajstić information content (AvgIpc) is 3.42. The molecule has 1 aromatic heterocycles. The topological polar surface area (TPSA) is 59.4 Å². The van der Waals surface area contributed by atoms with E-state index in [1.807, 2.05) is 41.0 Å². The largest absolute Gasteiger partial charge is 0.374 e. The standard InChI is InChI=1S/C23H32N4O2/c1-17(23(2)10-7-11-29-23)24-13-19-12-21(28)26(3)22(19)20-14-25-27(16-20)15-18-8-5-4-6-9-18/h4-6,8-9,14,16-17,19,22,24H,7,10-13,15H2,1-3H3/t17?,19-,22+,23?/m0/s1. The lowest BCUT2D eigenvalue weighted by molar-refractivity contribution is -0.127. The van der Waals surface area contributed by atoms with Gasteiger partial charge in [-0.15, -0.1) is 0 Å². The van der Waals surface area contributed by atoms with E-state index in [1.54, 1.807) is 0 Å². The predicted molar refractivity (Wildman–Crippen MR) is 112 cm³/mol. The van der Waals surface area contributed by atoms with E-state index in [0.29, 0.717) is 6.42 Å². The molecule has 1 aromatic carbocycles. The van der Waals surface area contributed by atoms with Gasteiger partial charge in [-0.2, -0.15) is 5.10 Å². The van der Waals surface area contributed by atoms with Gasteiger partial charge in [-0.05, 0) is 32.3 Å². The molecule has 6 nitrogen and oxygen atoms in total. The van der Waals surface area contributed by atoms with Crippen molar-refractivity contribution in [1.82, 2.24) is 20.0 Å². The van der Waals surface area contributed by atoms with Crippen LogP contribution in [-0.4, -0.2) is 52.4 Å². The summed E-state index contributed by atoms with van der Waals surface area (Å²) in [5.74, 6) is 0.433. The normalized spacial score (nSPS) is 28.2. The zero-order valence-electron chi connectivity index (χ0n) is 17.7. The van der Waals surface area contributed by atoms with Crippen molar-refractivity contribution in [3.05, 3.63) is 53.9 Å². The predicted octanol–water partition coefficient (Wildman–Crippen LogP) is 3.00. The van der Waals surface area contributed by atoms with Crippen LogP contribution < -0.4 is 5.32 Å². The summed E-state index contributed by atoms with van der Waals surface area (Å²) in [4.78, 5) is 14.4. The Kier molecular flexibility index (Phi) is 5.74. The van der Waals surface area contributed by atoms with Crippen molar-refractivity contribution >= 4 is 5.91 Å². The quantitative estimate of drug-likeness (QED) is 0.782. The smallest absolute Gasteiger partial charge is 0.223 e. The number of carbonyl (C=O) groups excluding carboxylic acids is 1. The molecule has 156 valence electrons. The highest BCUT2D eigenvalue weighted by molar-refractivity contribution is 5.79. The van der Waals surface area contributed by atoms with Crippen LogP contribution >= 0.6 is 0 Å². The fraction of sp³-hybridized carbons (Fsp3) is 0.565. The molecule has 2 aromatic rings. The Bertz CT molecular complexity index is 828. The van der Waals surface area contributed by atoms with Crippen molar-refractivity contribution in [1.29, 1.82) is 0 Å². The van der Waals surface area contributed by atoms with Gasteiger partial charge in [0.05, 0.1) is 24.4 Å². The first-order chi connectivity index (χ1) is 14.0. The van der Waals surface area contributed by atoms with Crippen LogP contribution in [0, 0.1) is 5.92 Å². The molecule has 1 N–H and O–H groups in total. The second-order valence-electron chi connectivity index (χ2n) is 8.77. The minimum absolute atomic E-state index is 0.0593. The highest BCUT2D eigenvalue weighted by Crippen LogP contribution is 2.37.